The lowest BCUT2D eigenvalue weighted by Gasteiger charge is -2.26. The first kappa shape index (κ1) is 13.8. The van der Waals surface area contributed by atoms with Crippen LogP contribution in [0.1, 0.15) is 12.5 Å². The quantitative estimate of drug-likeness (QED) is 0.731. The van der Waals surface area contributed by atoms with Gasteiger partial charge in [0.25, 0.3) is 0 Å². The molecule has 0 saturated heterocycles. The average molecular weight is 253 g/mol. The first-order valence-corrected chi connectivity index (χ1v) is 5.16. The number of carbonyl (C=O) groups excluding carboxylic acids is 1. The maximum absolute atomic E-state index is 11.4. The number of aliphatic carboxylic acids is 1. The molecule has 1 unspecified atom stereocenters. The van der Waals surface area contributed by atoms with Crippen LogP contribution in [0.15, 0.2) is 18.2 Å². The normalized spacial score (nSPS) is 13.3. The maximum atomic E-state index is 11.4. The predicted octanol–water partition coefficient (Wildman–Crippen LogP) is 0.750. The van der Waals surface area contributed by atoms with Gasteiger partial charge in [-0.05, 0) is 25.1 Å². The second-order valence-electron chi connectivity index (χ2n) is 3.76. The highest BCUT2D eigenvalue weighted by molar-refractivity contribution is 5.84. The highest BCUT2D eigenvalue weighted by atomic mass is 16.5. The summed E-state index contributed by atoms with van der Waals surface area (Å²) in [7, 11) is 2.89. The monoisotopic (exact) mass is 253 g/mol. The molecule has 0 aliphatic heterocycles. The molecule has 1 aromatic carbocycles. The molecule has 0 radical (unpaired) electrons. The van der Waals surface area contributed by atoms with Crippen LogP contribution in [0, 0.1) is 0 Å². The third-order valence-corrected chi connectivity index (χ3v) is 2.72. The third-order valence-electron chi connectivity index (χ3n) is 2.72. The lowest BCUT2D eigenvalue weighted by atomic mass is 9.91. The molecule has 18 heavy (non-hydrogen) atoms. The smallest absolute Gasteiger partial charge is 0.333 e. The molecule has 0 fully saturated rings. The Labute approximate surface area is 105 Å². The van der Waals surface area contributed by atoms with Crippen molar-refractivity contribution in [3.05, 3.63) is 23.8 Å². The van der Waals surface area contributed by atoms with Crippen LogP contribution in [0.5, 0.6) is 11.5 Å². The minimum absolute atomic E-state index is 0.309. The summed E-state index contributed by atoms with van der Waals surface area (Å²) in [6, 6.07) is 4.75. The SMILES string of the molecule is COc1ccc(OC)c(C(C)(NC=O)C(=O)O)c1. The molecular weight excluding hydrogens is 238 g/mol. The molecule has 0 bridgehead atoms. The Morgan fingerprint density at radius 3 is 2.50 bits per heavy atom. The van der Waals surface area contributed by atoms with Crippen LogP contribution < -0.4 is 14.8 Å². The topological polar surface area (TPSA) is 84.9 Å². The molecule has 1 atom stereocenters. The van der Waals surface area contributed by atoms with E-state index in [1.165, 1.54) is 27.2 Å². The number of benzene rings is 1. The van der Waals surface area contributed by atoms with Gasteiger partial charge in [-0.3, -0.25) is 4.79 Å². The molecule has 1 amide bonds. The summed E-state index contributed by atoms with van der Waals surface area (Å²) in [5.41, 5.74) is -1.27. The van der Waals surface area contributed by atoms with Gasteiger partial charge in [-0.15, -0.1) is 0 Å². The van der Waals surface area contributed by atoms with Crippen molar-refractivity contribution in [1.29, 1.82) is 0 Å². The van der Waals surface area contributed by atoms with E-state index in [1.807, 2.05) is 0 Å². The molecule has 6 nitrogen and oxygen atoms in total. The maximum Gasteiger partial charge on any atom is 0.333 e. The zero-order valence-corrected chi connectivity index (χ0v) is 10.4. The Balaban J connectivity index is 3.42. The van der Waals surface area contributed by atoms with Gasteiger partial charge in [0.2, 0.25) is 6.41 Å². The van der Waals surface area contributed by atoms with Gasteiger partial charge in [-0.25, -0.2) is 4.79 Å². The fraction of sp³-hybridized carbons (Fsp3) is 0.333. The molecule has 0 saturated carbocycles. The molecule has 98 valence electrons. The third kappa shape index (κ3) is 2.37. The Morgan fingerprint density at radius 1 is 1.39 bits per heavy atom. The highest BCUT2D eigenvalue weighted by Crippen LogP contribution is 2.33. The second kappa shape index (κ2) is 5.39. The Hall–Kier alpha value is -2.24. The van der Waals surface area contributed by atoms with Crippen LogP contribution in [0.2, 0.25) is 0 Å². The summed E-state index contributed by atoms with van der Waals surface area (Å²) >= 11 is 0. The van der Waals surface area contributed by atoms with E-state index in [9.17, 15) is 14.7 Å². The van der Waals surface area contributed by atoms with Gasteiger partial charge < -0.3 is 19.9 Å². The van der Waals surface area contributed by atoms with Gasteiger partial charge in [-0.2, -0.15) is 0 Å². The number of hydrogen-bond acceptors (Lipinski definition) is 4. The summed E-state index contributed by atoms with van der Waals surface area (Å²) in [5, 5.41) is 11.6. The molecule has 0 aliphatic rings. The number of carboxylic acid groups (broad SMARTS) is 1. The second-order valence-corrected chi connectivity index (χ2v) is 3.76. The number of carbonyl (C=O) groups is 2. The number of rotatable bonds is 6. The number of hydrogen-bond donors (Lipinski definition) is 2. The molecule has 1 rings (SSSR count). The van der Waals surface area contributed by atoms with Crippen molar-refractivity contribution >= 4 is 12.4 Å². The zero-order chi connectivity index (χ0) is 13.8. The molecule has 1 aromatic rings. The van der Waals surface area contributed by atoms with Crippen LogP contribution in [0.4, 0.5) is 0 Å². The van der Waals surface area contributed by atoms with Gasteiger partial charge in [0.15, 0.2) is 5.54 Å². The van der Waals surface area contributed by atoms with Crippen LogP contribution in [0.3, 0.4) is 0 Å². The van der Waals surface area contributed by atoms with Gasteiger partial charge in [-0.1, -0.05) is 0 Å². The lowest BCUT2D eigenvalue weighted by Crippen LogP contribution is -2.46. The fourth-order valence-electron chi connectivity index (χ4n) is 1.58. The van der Waals surface area contributed by atoms with E-state index in [-0.39, 0.29) is 0 Å². The molecule has 0 heterocycles. The molecule has 2 N–H and O–H groups in total. The number of methoxy groups -OCH3 is 2. The lowest BCUT2D eigenvalue weighted by molar-refractivity contribution is -0.146. The number of nitrogens with one attached hydrogen (secondary N) is 1. The summed E-state index contributed by atoms with van der Waals surface area (Å²) in [4.78, 5) is 22.0. The minimum Gasteiger partial charge on any atom is -0.497 e. The molecule has 0 aliphatic carbocycles. The minimum atomic E-state index is -1.58. The van der Waals surface area contributed by atoms with E-state index in [1.54, 1.807) is 12.1 Å². The molecule has 6 heteroatoms. The molecule has 0 spiro atoms. The zero-order valence-electron chi connectivity index (χ0n) is 10.4. The standard InChI is InChI=1S/C12H15NO5/c1-12(11(15)16,13-7-14)9-6-8(17-2)4-5-10(9)18-3/h4-7H,1-3H3,(H,13,14)(H,15,16). The number of ether oxygens (including phenoxy) is 2. The Bertz CT molecular complexity index is 460. The summed E-state index contributed by atoms with van der Waals surface area (Å²) in [5.74, 6) is -0.359. The average Bonchev–Trinajstić information content (AvgIpc) is 2.37. The van der Waals surface area contributed by atoms with Crippen molar-refractivity contribution < 1.29 is 24.2 Å². The van der Waals surface area contributed by atoms with Crippen molar-refractivity contribution in [3.8, 4) is 11.5 Å². The van der Waals surface area contributed by atoms with E-state index >= 15 is 0 Å². The van der Waals surface area contributed by atoms with Crippen molar-refractivity contribution in [3.63, 3.8) is 0 Å². The Kier molecular flexibility index (Phi) is 4.14. The van der Waals surface area contributed by atoms with Gasteiger partial charge >= 0.3 is 5.97 Å². The van der Waals surface area contributed by atoms with Crippen LogP contribution >= 0.6 is 0 Å². The van der Waals surface area contributed by atoms with E-state index in [0.717, 1.165) is 0 Å². The van der Waals surface area contributed by atoms with E-state index in [2.05, 4.69) is 5.32 Å². The van der Waals surface area contributed by atoms with Crippen molar-refractivity contribution in [2.45, 2.75) is 12.5 Å². The largest absolute Gasteiger partial charge is 0.497 e. The fourth-order valence-corrected chi connectivity index (χ4v) is 1.58. The van der Waals surface area contributed by atoms with Crippen LogP contribution in [-0.2, 0) is 15.1 Å². The summed E-state index contributed by atoms with van der Waals surface area (Å²) in [6.45, 7) is 1.38. The predicted molar refractivity (Wildman–Crippen MR) is 63.7 cm³/mol. The Morgan fingerprint density at radius 2 is 2.06 bits per heavy atom. The van der Waals surface area contributed by atoms with Gasteiger partial charge in [0.1, 0.15) is 11.5 Å². The van der Waals surface area contributed by atoms with Gasteiger partial charge in [0.05, 0.1) is 14.2 Å². The van der Waals surface area contributed by atoms with Crippen molar-refractivity contribution in [1.82, 2.24) is 5.32 Å². The van der Waals surface area contributed by atoms with Crippen LogP contribution in [-0.4, -0.2) is 31.7 Å². The van der Waals surface area contributed by atoms with E-state index < -0.39 is 11.5 Å². The number of carboxylic acids is 1. The first-order chi connectivity index (χ1) is 8.49. The van der Waals surface area contributed by atoms with Crippen molar-refractivity contribution in [2.75, 3.05) is 14.2 Å². The van der Waals surface area contributed by atoms with E-state index in [4.69, 9.17) is 9.47 Å². The van der Waals surface area contributed by atoms with Crippen molar-refractivity contribution in [2.24, 2.45) is 0 Å². The van der Waals surface area contributed by atoms with Gasteiger partial charge in [0, 0.05) is 5.56 Å². The highest BCUT2D eigenvalue weighted by Gasteiger charge is 2.37. The summed E-state index contributed by atoms with van der Waals surface area (Å²) < 4.78 is 10.2. The van der Waals surface area contributed by atoms with E-state index in [0.29, 0.717) is 23.5 Å². The number of amides is 1. The van der Waals surface area contributed by atoms with Crippen LogP contribution in [0.25, 0.3) is 0 Å². The molecular formula is C12H15NO5. The molecule has 0 aromatic heterocycles. The first-order valence-electron chi connectivity index (χ1n) is 5.16. The summed E-state index contributed by atoms with van der Waals surface area (Å²) in [6.07, 6.45) is 0.340.